The molecule has 0 fully saturated rings. The number of rotatable bonds is 11. The van der Waals surface area contributed by atoms with E-state index in [1.807, 2.05) is 0 Å². The fourth-order valence-electron chi connectivity index (χ4n) is 9.80. The minimum Gasteiger partial charge on any atom is -0.497 e. The molecule has 0 spiro atoms. The van der Waals surface area contributed by atoms with E-state index in [2.05, 4.69) is 131 Å². The van der Waals surface area contributed by atoms with Crippen molar-refractivity contribution in [1.82, 2.24) is 0 Å². The van der Waals surface area contributed by atoms with Crippen LogP contribution in [0.4, 0.5) is 4.39 Å². The van der Waals surface area contributed by atoms with Gasteiger partial charge in [-0.25, -0.2) is 8.96 Å². The van der Waals surface area contributed by atoms with Crippen LogP contribution in [0, 0.1) is 5.82 Å². The molecule has 1 aliphatic heterocycles. The topological polar surface area (TPSA) is 17.0 Å². The van der Waals surface area contributed by atoms with Crippen molar-refractivity contribution < 1.29 is 18.3 Å². The van der Waals surface area contributed by atoms with Gasteiger partial charge in [-0.15, -0.1) is 0 Å². The molecule has 7 rings (SSSR count). The number of methoxy groups -OCH3 is 1. The number of pyridine rings is 2. The maximum Gasteiger partial charge on any atom is 0.221 e. The van der Waals surface area contributed by atoms with Crippen LogP contribution in [0.3, 0.4) is 0 Å². The number of halogens is 1. The van der Waals surface area contributed by atoms with Crippen LogP contribution >= 0.6 is 0 Å². The lowest BCUT2D eigenvalue weighted by molar-refractivity contribution is -0.769. The van der Waals surface area contributed by atoms with E-state index in [0.717, 1.165) is 68.2 Å². The first-order chi connectivity index (χ1) is 23.6. The average Bonchev–Trinajstić information content (AvgIpc) is 3.11. The van der Waals surface area contributed by atoms with Gasteiger partial charge in [-0.2, -0.15) is 4.57 Å². The van der Waals surface area contributed by atoms with Crippen LogP contribution in [0.2, 0.25) is 0 Å². The zero-order chi connectivity index (χ0) is 34.7. The lowest BCUT2D eigenvalue weighted by atomic mass is 9.55. The molecule has 0 amide bonds. The molecule has 254 valence electrons. The molecule has 49 heavy (non-hydrogen) atoms. The molecule has 1 aliphatic carbocycles. The Labute approximate surface area is 292 Å². The van der Waals surface area contributed by atoms with E-state index >= 15 is 4.39 Å². The first-order valence-electron chi connectivity index (χ1n) is 18.5. The van der Waals surface area contributed by atoms with Gasteiger partial charge in [0.05, 0.1) is 29.0 Å². The fourth-order valence-corrected chi connectivity index (χ4v) is 9.80. The van der Waals surface area contributed by atoms with Gasteiger partial charge in [-0.1, -0.05) is 65.3 Å². The predicted molar refractivity (Wildman–Crippen MR) is 199 cm³/mol. The minimum atomic E-state index is -0.443. The summed E-state index contributed by atoms with van der Waals surface area (Å²) < 4.78 is 26.8. The third kappa shape index (κ3) is 4.88. The summed E-state index contributed by atoms with van der Waals surface area (Å²) in [5.74, 6) is 0.793. The number of ether oxygens (including phenoxy) is 1. The number of nitrogens with zero attached hydrogens (tertiary/aromatic N) is 2. The van der Waals surface area contributed by atoms with Gasteiger partial charge in [0.1, 0.15) is 18.6 Å². The SMILES string of the molecule is CCCCc1cc2c3c4[n+](ccc3c1)C(CC)(CCCc1ccc(OC)cc1-c1cccc[n+]1C)C(C)(CC)c1ccc(F)c(c1-4)C2(C)C. The largest absolute Gasteiger partial charge is 0.497 e. The van der Waals surface area contributed by atoms with E-state index in [4.69, 9.17) is 4.74 Å². The molecule has 0 N–H and O–H groups in total. The number of benzene rings is 3. The van der Waals surface area contributed by atoms with E-state index in [9.17, 15) is 0 Å². The quantitative estimate of drug-likeness (QED) is 0.129. The summed E-state index contributed by atoms with van der Waals surface area (Å²) in [5, 5.41) is 2.60. The molecule has 0 saturated heterocycles. The Balaban J connectivity index is 1.40. The standard InChI is InChI=1S/C45H53FN2O/c1-9-12-16-30-27-32-23-26-48-42-39(32)36(28-30)43(4,5)41-37(46)22-21-35(40(41)42)44(6,10-2)45(48,11-3)24-15-17-31-19-20-33(49-8)29-34(31)38-18-13-14-25-47(38)7/h13-14,18-23,25-29H,9-12,15-17,24H2,1-8H3/q+2. The summed E-state index contributed by atoms with van der Waals surface area (Å²) in [6.45, 7) is 13.9. The Hall–Kier alpha value is -4.05. The maximum absolute atomic E-state index is 16.3. The van der Waals surface area contributed by atoms with Gasteiger partial charge in [0.25, 0.3) is 0 Å². The molecule has 0 radical (unpaired) electrons. The highest BCUT2D eigenvalue weighted by atomic mass is 19.1. The lowest BCUT2D eigenvalue weighted by Gasteiger charge is -2.50. The van der Waals surface area contributed by atoms with Gasteiger partial charge in [0.2, 0.25) is 11.4 Å². The monoisotopic (exact) mass is 656 g/mol. The highest BCUT2D eigenvalue weighted by Crippen LogP contribution is 2.58. The number of aryl methyl sites for hydroxylation is 3. The zero-order valence-electron chi connectivity index (χ0n) is 30.8. The Kier molecular flexibility index (Phi) is 8.45. The predicted octanol–water partition coefficient (Wildman–Crippen LogP) is 10.2. The van der Waals surface area contributed by atoms with Crippen LogP contribution in [0.25, 0.3) is 33.3 Å². The normalized spacial score (nSPS) is 20.1. The van der Waals surface area contributed by atoms with Crippen LogP contribution in [0.15, 0.2) is 79.1 Å². The summed E-state index contributed by atoms with van der Waals surface area (Å²) in [6, 6.07) is 24.0. The van der Waals surface area contributed by atoms with Crippen molar-refractivity contribution in [2.24, 2.45) is 7.05 Å². The van der Waals surface area contributed by atoms with E-state index in [1.165, 1.54) is 50.0 Å². The fraction of sp³-hybridized carbons (Fsp3) is 0.422. The first kappa shape index (κ1) is 33.4. The van der Waals surface area contributed by atoms with Gasteiger partial charge in [-0.3, -0.25) is 0 Å². The summed E-state index contributed by atoms with van der Waals surface area (Å²) in [7, 11) is 3.85. The van der Waals surface area contributed by atoms with Crippen LogP contribution < -0.4 is 13.9 Å². The molecule has 0 bridgehead atoms. The zero-order valence-corrected chi connectivity index (χ0v) is 30.8. The molecule has 0 saturated carbocycles. The van der Waals surface area contributed by atoms with Crippen LogP contribution in [0.5, 0.6) is 5.75 Å². The third-order valence-corrected chi connectivity index (χ3v) is 12.7. The number of unbranched alkanes of at least 4 members (excludes halogenated alkanes) is 1. The lowest BCUT2D eigenvalue weighted by Crippen LogP contribution is -2.69. The van der Waals surface area contributed by atoms with Crippen molar-refractivity contribution in [3.05, 3.63) is 113 Å². The molecule has 3 heterocycles. The Morgan fingerprint density at radius 2 is 1.63 bits per heavy atom. The molecule has 2 atom stereocenters. The van der Waals surface area contributed by atoms with Crippen LogP contribution in [-0.2, 0) is 36.3 Å². The number of hydrogen-bond acceptors (Lipinski definition) is 1. The number of aromatic nitrogens is 2. The Bertz CT molecular complexity index is 2080. The van der Waals surface area contributed by atoms with Gasteiger partial charge in [-0.05, 0) is 90.9 Å². The molecule has 3 nitrogen and oxygen atoms in total. The Morgan fingerprint density at radius 1 is 0.816 bits per heavy atom. The highest BCUT2D eigenvalue weighted by molar-refractivity contribution is 6.01. The summed E-state index contributed by atoms with van der Waals surface area (Å²) in [5.41, 5.74) is 10.1. The van der Waals surface area contributed by atoms with Crippen LogP contribution in [-0.4, -0.2) is 7.11 Å². The van der Waals surface area contributed by atoms with Gasteiger partial charge >= 0.3 is 0 Å². The van der Waals surface area contributed by atoms with Crippen molar-refractivity contribution in [2.75, 3.05) is 7.11 Å². The van der Waals surface area contributed by atoms with E-state index in [-0.39, 0.29) is 16.8 Å². The third-order valence-electron chi connectivity index (χ3n) is 12.7. The van der Waals surface area contributed by atoms with E-state index < -0.39 is 5.41 Å². The summed E-state index contributed by atoms with van der Waals surface area (Å²) in [4.78, 5) is 0. The number of hydrogen-bond donors (Lipinski definition) is 0. The Morgan fingerprint density at radius 3 is 2.35 bits per heavy atom. The molecule has 2 aromatic heterocycles. The smallest absolute Gasteiger partial charge is 0.221 e. The molecule has 3 aromatic carbocycles. The van der Waals surface area contributed by atoms with Crippen molar-refractivity contribution in [2.45, 2.75) is 109 Å². The van der Waals surface area contributed by atoms with Gasteiger partial charge in [0.15, 0.2) is 17.9 Å². The second kappa shape index (κ2) is 12.4. The maximum atomic E-state index is 16.3. The van der Waals surface area contributed by atoms with Gasteiger partial charge < -0.3 is 4.74 Å². The highest BCUT2D eigenvalue weighted by Gasteiger charge is 2.61. The summed E-state index contributed by atoms with van der Waals surface area (Å²) in [6.07, 6.45) is 12.8. The molecule has 2 aliphatic rings. The molecule has 5 aromatic rings. The molecular formula is C45H53FN2O+2. The minimum absolute atomic E-state index is 0.0829. The first-order valence-corrected chi connectivity index (χ1v) is 18.5. The van der Waals surface area contributed by atoms with Crippen molar-refractivity contribution in [1.29, 1.82) is 0 Å². The molecular weight excluding hydrogens is 604 g/mol. The molecule has 4 heteroatoms. The van der Waals surface area contributed by atoms with Crippen molar-refractivity contribution >= 4 is 10.8 Å². The molecule has 2 unspecified atom stereocenters. The van der Waals surface area contributed by atoms with Crippen molar-refractivity contribution in [3.8, 4) is 28.3 Å². The van der Waals surface area contributed by atoms with Crippen molar-refractivity contribution in [3.63, 3.8) is 0 Å². The summed E-state index contributed by atoms with van der Waals surface area (Å²) >= 11 is 0. The average molecular weight is 657 g/mol. The second-order valence-corrected chi connectivity index (χ2v) is 15.4. The van der Waals surface area contributed by atoms with Gasteiger partial charge in [0, 0.05) is 42.0 Å². The van der Waals surface area contributed by atoms with Crippen LogP contribution in [0.1, 0.15) is 108 Å². The van der Waals surface area contributed by atoms with E-state index in [1.54, 1.807) is 13.2 Å². The second-order valence-electron chi connectivity index (χ2n) is 15.4. The van der Waals surface area contributed by atoms with E-state index in [0.29, 0.717) is 0 Å².